The molecule has 2 aromatic rings. The van der Waals surface area contributed by atoms with E-state index in [1.807, 2.05) is 6.20 Å². The van der Waals surface area contributed by atoms with E-state index in [0.29, 0.717) is 0 Å². The van der Waals surface area contributed by atoms with Gasteiger partial charge in [-0.25, -0.2) is 0 Å². The first-order valence-corrected chi connectivity index (χ1v) is 6.86. The van der Waals surface area contributed by atoms with Crippen LogP contribution in [0.2, 0.25) is 0 Å². The van der Waals surface area contributed by atoms with Crippen LogP contribution in [0.25, 0.3) is 10.9 Å². The average Bonchev–Trinajstić information content (AvgIpc) is 2.83. The second-order valence-electron chi connectivity index (χ2n) is 5.91. The molecule has 19 heavy (non-hydrogen) atoms. The molecule has 3 heteroatoms. The van der Waals surface area contributed by atoms with E-state index in [1.165, 1.54) is 16.5 Å². The molecule has 0 aliphatic carbocycles. The molecule has 0 radical (unpaired) electrons. The predicted octanol–water partition coefficient (Wildman–Crippen LogP) is 3.32. The Hall–Kier alpha value is -1.32. The van der Waals surface area contributed by atoms with Gasteiger partial charge in [0.15, 0.2) is 0 Å². The van der Waals surface area contributed by atoms with Crippen LogP contribution in [0.3, 0.4) is 0 Å². The summed E-state index contributed by atoms with van der Waals surface area (Å²) in [6.07, 6.45) is 3.06. The monoisotopic (exact) mass is 260 g/mol. The number of ether oxygens (including phenoxy) is 1. The quantitative estimate of drug-likeness (QED) is 0.801. The Morgan fingerprint density at radius 3 is 2.89 bits per heavy atom. The summed E-state index contributed by atoms with van der Waals surface area (Å²) >= 11 is 0. The molecule has 2 N–H and O–H groups in total. The molecular formula is C16H24N2O. The van der Waals surface area contributed by atoms with Crippen molar-refractivity contribution in [2.24, 2.45) is 5.41 Å². The minimum atomic E-state index is 0.270. The summed E-state index contributed by atoms with van der Waals surface area (Å²) in [6, 6.07) is 8.66. The number of hydrogen-bond donors (Lipinski definition) is 2. The molecule has 0 fully saturated rings. The fraction of sp³-hybridized carbons (Fsp3) is 0.500. The van der Waals surface area contributed by atoms with E-state index < -0.39 is 0 Å². The van der Waals surface area contributed by atoms with Crippen LogP contribution in [0, 0.1) is 5.41 Å². The lowest BCUT2D eigenvalue weighted by atomic mass is 9.89. The second kappa shape index (κ2) is 6.22. The first kappa shape index (κ1) is 14.1. The van der Waals surface area contributed by atoms with Gasteiger partial charge in [-0.3, -0.25) is 0 Å². The van der Waals surface area contributed by atoms with Crippen LogP contribution in [-0.2, 0) is 11.3 Å². The fourth-order valence-corrected chi connectivity index (χ4v) is 2.22. The Labute approximate surface area is 115 Å². The minimum Gasteiger partial charge on any atom is -0.385 e. The number of aromatic amines is 1. The molecule has 0 saturated carbocycles. The van der Waals surface area contributed by atoms with Crippen molar-refractivity contribution in [2.75, 3.05) is 20.3 Å². The van der Waals surface area contributed by atoms with Gasteiger partial charge in [0, 0.05) is 38.5 Å². The van der Waals surface area contributed by atoms with Gasteiger partial charge in [-0.1, -0.05) is 26.0 Å². The molecule has 0 aliphatic heterocycles. The van der Waals surface area contributed by atoms with Crippen molar-refractivity contribution < 1.29 is 4.74 Å². The lowest BCUT2D eigenvalue weighted by molar-refractivity contribution is 0.150. The molecule has 0 unspecified atom stereocenters. The van der Waals surface area contributed by atoms with Crippen LogP contribution in [0.5, 0.6) is 0 Å². The van der Waals surface area contributed by atoms with Crippen LogP contribution in [0.1, 0.15) is 25.8 Å². The smallest absolute Gasteiger partial charge is 0.0467 e. The third-order valence-electron chi connectivity index (χ3n) is 3.54. The van der Waals surface area contributed by atoms with Crippen molar-refractivity contribution in [3.8, 4) is 0 Å². The van der Waals surface area contributed by atoms with Crippen LogP contribution >= 0.6 is 0 Å². The van der Waals surface area contributed by atoms with Gasteiger partial charge in [0.05, 0.1) is 0 Å². The van der Waals surface area contributed by atoms with E-state index in [4.69, 9.17) is 4.74 Å². The standard InChI is InChI=1S/C16H24N2O/c1-16(2,7-9-19-3)12-17-11-13-4-5-14-6-8-18-15(14)10-13/h4-6,8,10,17-18H,7,9,11-12H2,1-3H3. The van der Waals surface area contributed by atoms with E-state index in [9.17, 15) is 0 Å². The van der Waals surface area contributed by atoms with Crippen LogP contribution in [0.4, 0.5) is 0 Å². The summed E-state index contributed by atoms with van der Waals surface area (Å²) in [7, 11) is 1.76. The maximum Gasteiger partial charge on any atom is 0.0467 e. The first-order valence-electron chi connectivity index (χ1n) is 6.86. The van der Waals surface area contributed by atoms with E-state index in [1.54, 1.807) is 7.11 Å². The number of methoxy groups -OCH3 is 1. The predicted molar refractivity (Wildman–Crippen MR) is 80.3 cm³/mol. The Bertz CT molecular complexity index is 516. The number of nitrogens with one attached hydrogen (secondary N) is 2. The third-order valence-corrected chi connectivity index (χ3v) is 3.54. The lowest BCUT2D eigenvalue weighted by Crippen LogP contribution is -2.30. The van der Waals surface area contributed by atoms with Gasteiger partial charge >= 0.3 is 0 Å². The van der Waals surface area contributed by atoms with Crippen molar-refractivity contribution in [3.63, 3.8) is 0 Å². The molecule has 0 amide bonds. The summed E-state index contributed by atoms with van der Waals surface area (Å²) in [5, 5.41) is 4.81. The molecule has 104 valence electrons. The largest absolute Gasteiger partial charge is 0.385 e. The average molecular weight is 260 g/mol. The number of hydrogen-bond acceptors (Lipinski definition) is 2. The highest BCUT2D eigenvalue weighted by atomic mass is 16.5. The Morgan fingerprint density at radius 2 is 2.11 bits per heavy atom. The Morgan fingerprint density at radius 1 is 1.26 bits per heavy atom. The first-order chi connectivity index (χ1) is 9.11. The topological polar surface area (TPSA) is 37.0 Å². The number of H-pyrrole nitrogens is 1. The highest BCUT2D eigenvalue weighted by Crippen LogP contribution is 2.19. The Balaban J connectivity index is 1.84. The van der Waals surface area contributed by atoms with Crippen molar-refractivity contribution in [3.05, 3.63) is 36.0 Å². The zero-order chi connectivity index (χ0) is 13.7. The molecule has 3 nitrogen and oxygen atoms in total. The summed E-state index contributed by atoms with van der Waals surface area (Å²) in [6.45, 7) is 7.27. The molecule has 0 atom stereocenters. The van der Waals surface area contributed by atoms with Gasteiger partial charge in [-0.2, -0.15) is 0 Å². The van der Waals surface area contributed by atoms with Crippen molar-refractivity contribution in [2.45, 2.75) is 26.8 Å². The van der Waals surface area contributed by atoms with Crippen LogP contribution in [0.15, 0.2) is 30.5 Å². The van der Waals surface area contributed by atoms with Crippen molar-refractivity contribution >= 4 is 10.9 Å². The lowest BCUT2D eigenvalue weighted by Gasteiger charge is -2.24. The van der Waals surface area contributed by atoms with Gasteiger partial charge in [0.25, 0.3) is 0 Å². The molecule has 1 aromatic carbocycles. The zero-order valence-electron chi connectivity index (χ0n) is 12.1. The summed E-state index contributed by atoms with van der Waals surface area (Å²) < 4.78 is 5.15. The fourth-order valence-electron chi connectivity index (χ4n) is 2.22. The van der Waals surface area contributed by atoms with Gasteiger partial charge in [-0.05, 0) is 34.9 Å². The number of fused-ring (bicyclic) bond motifs is 1. The molecular weight excluding hydrogens is 236 g/mol. The zero-order valence-corrected chi connectivity index (χ0v) is 12.1. The number of rotatable bonds is 7. The van der Waals surface area contributed by atoms with Crippen molar-refractivity contribution in [1.29, 1.82) is 0 Å². The molecule has 0 saturated heterocycles. The molecule has 2 rings (SSSR count). The Kier molecular flexibility index (Phi) is 4.61. The summed E-state index contributed by atoms with van der Waals surface area (Å²) in [4.78, 5) is 3.25. The molecule has 1 aromatic heterocycles. The highest BCUT2D eigenvalue weighted by molar-refractivity contribution is 5.79. The maximum atomic E-state index is 5.15. The molecule has 0 aliphatic rings. The molecule has 1 heterocycles. The van der Waals surface area contributed by atoms with E-state index in [0.717, 1.165) is 26.1 Å². The number of benzene rings is 1. The number of aromatic nitrogens is 1. The molecule has 0 bridgehead atoms. The summed E-state index contributed by atoms with van der Waals surface area (Å²) in [5.74, 6) is 0. The summed E-state index contributed by atoms with van der Waals surface area (Å²) in [5.41, 5.74) is 2.79. The van der Waals surface area contributed by atoms with E-state index in [2.05, 4.69) is 48.4 Å². The minimum absolute atomic E-state index is 0.270. The van der Waals surface area contributed by atoms with Crippen LogP contribution in [-0.4, -0.2) is 25.2 Å². The third kappa shape index (κ3) is 4.08. The van der Waals surface area contributed by atoms with Crippen LogP contribution < -0.4 is 5.32 Å². The SMILES string of the molecule is COCCC(C)(C)CNCc1ccc2cc[nH]c2c1. The van der Waals surface area contributed by atoms with Gasteiger partial charge in [-0.15, -0.1) is 0 Å². The van der Waals surface area contributed by atoms with E-state index >= 15 is 0 Å². The van der Waals surface area contributed by atoms with E-state index in [-0.39, 0.29) is 5.41 Å². The van der Waals surface area contributed by atoms with Gasteiger partial charge in [0.2, 0.25) is 0 Å². The van der Waals surface area contributed by atoms with Gasteiger partial charge in [0.1, 0.15) is 0 Å². The normalized spacial score (nSPS) is 12.2. The van der Waals surface area contributed by atoms with Gasteiger partial charge < -0.3 is 15.0 Å². The van der Waals surface area contributed by atoms with Crippen molar-refractivity contribution in [1.82, 2.24) is 10.3 Å². The highest BCUT2D eigenvalue weighted by Gasteiger charge is 2.16. The second-order valence-corrected chi connectivity index (χ2v) is 5.91. The molecule has 0 spiro atoms. The maximum absolute atomic E-state index is 5.15.